The van der Waals surface area contributed by atoms with Gasteiger partial charge in [0, 0.05) is 30.7 Å². The molecule has 0 radical (unpaired) electrons. The summed E-state index contributed by atoms with van der Waals surface area (Å²) < 4.78 is 5.24. The van der Waals surface area contributed by atoms with E-state index >= 15 is 0 Å². The van der Waals surface area contributed by atoms with Crippen molar-refractivity contribution in [1.29, 1.82) is 0 Å². The van der Waals surface area contributed by atoms with Gasteiger partial charge in [-0.3, -0.25) is 4.79 Å². The molecule has 1 saturated heterocycles. The quantitative estimate of drug-likeness (QED) is 0.918. The second-order valence-electron chi connectivity index (χ2n) is 5.34. The molecule has 0 bridgehead atoms. The lowest BCUT2D eigenvalue weighted by atomic mass is 9.99. The number of amides is 1. The normalized spacial score (nSPS) is 27.7. The number of benzene rings is 1. The summed E-state index contributed by atoms with van der Waals surface area (Å²) in [5.41, 5.74) is 1.01. The first-order chi connectivity index (χ1) is 10.1. The minimum absolute atomic E-state index is 0.0978. The number of ether oxygens (including phenoxy) is 1. The van der Waals surface area contributed by atoms with Crippen LogP contribution in [0.25, 0.3) is 0 Å². The van der Waals surface area contributed by atoms with Crippen LogP contribution in [-0.2, 0) is 14.3 Å². The average Bonchev–Trinajstić information content (AvgIpc) is 3.10. The highest BCUT2D eigenvalue weighted by Crippen LogP contribution is 2.41. The summed E-state index contributed by atoms with van der Waals surface area (Å²) in [7, 11) is 1.55. The van der Waals surface area contributed by atoms with E-state index in [-0.39, 0.29) is 17.9 Å². The lowest BCUT2D eigenvalue weighted by Crippen LogP contribution is -2.43. The highest BCUT2D eigenvalue weighted by molar-refractivity contribution is 7.99. The molecule has 1 fully saturated rings. The first-order valence-corrected chi connectivity index (χ1v) is 7.88. The van der Waals surface area contributed by atoms with Crippen molar-refractivity contribution in [3.63, 3.8) is 0 Å². The van der Waals surface area contributed by atoms with E-state index in [1.54, 1.807) is 18.9 Å². The minimum Gasteiger partial charge on any atom is -0.480 e. The molecule has 1 amide bonds. The van der Waals surface area contributed by atoms with Gasteiger partial charge in [-0.05, 0) is 11.6 Å². The monoisotopic (exact) mass is 307 g/mol. The molecule has 3 atom stereocenters. The summed E-state index contributed by atoms with van der Waals surface area (Å²) in [6.07, 6.45) is 0.165. The van der Waals surface area contributed by atoms with Gasteiger partial charge in [-0.2, -0.15) is 0 Å². The number of carbonyl (C=O) groups is 2. The van der Waals surface area contributed by atoms with Gasteiger partial charge in [0.1, 0.15) is 6.04 Å². The van der Waals surface area contributed by atoms with E-state index in [9.17, 15) is 14.7 Å². The molecule has 1 aromatic rings. The molecule has 6 heteroatoms. The molecule has 2 aliphatic heterocycles. The van der Waals surface area contributed by atoms with Crippen molar-refractivity contribution in [2.24, 2.45) is 0 Å². The van der Waals surface area contributed by atoms with Crippen molar-refractivity contribution >= 4 is 23.6 Å². The van der Waals surface area contributed by atoms with E-state index in [0.29, 0.717) is 18.7 Å². The number of rotatable bonds is 3. The Morgan fingerprint density at radius 3 is 2.86 bits per heavy atom. The summed E-state index contributed by atoms with van der Waals surface area (Å²) in [5.74, 6) is -0.622. The van der Waals surface area contributed by atoms with Crippen LogP contribution in [0.1, 0.15) is 17.9 Å². The van der Waals surface area contributed by atoms with Crippen LogP contribution in [0.4, 0.5) is 0 Å². The fraction of sp³-hybridized carbons (Fsp3) is 0.467. The van der Waals surface area contributed by atoms with Crippen molar-refractivity contribution in [3.05, 3.63) is 29.8 Å². The molecule has 112 valence electrons. The van der Waals surface area contributed by atoms with Gasteiger partial charge in [-0.1, -0.05) is 18.2 Å². The molecular weight excluding hydrogens is 290 g/mol. The van der Waals surface area contributed by atoms with E-state index in [1.165, 1.54) is 4.90 Å². The second-order valence-corrected chi connectivity index (χ2v) is 6.40. The van der Waals surface area contributed by atoms with Crippen LogP contribution in [0, 0.1) is 0 Å². The van der Waals surface area contributed by atoms with Gasteiger partial charge in [-0.25, -0.2) is 4.79 Å². The first-order valence-electron chi connectivity index (χ1n) is 6.89. The van der Waals surface area contributed by atoms with Crippen molar-refractivity contribution < 1.29 is 19.4 Å². The van der Waals surface area contributed by atoms with Crippen molar-refractivity contribution in [3.8, 4) is 0 Å². The zero-order valence-corrected chi connectivity index (χ0v) is 12.5. The molecule has 2 heterocycles. The Labute approximate surface area is 127 Å². The zero-order chi connectivity index (χ0) is 15.0. The number of fused-ring (bicyclic) bond motifs is 1. The van der Waals surface area contributed by atoms with E-state index in [2.05, 4.69) is 0 Å². The minimum atomic E-state index is -0.957. The molecule has 3 rings (SSSR count). The van der Waals surface area contributed by atoms with Crippen molar-refractivity contribution in [2.45, 2.75) is 29.4 Å². The van der Waals surface area contributed by atoms with Gasteiger partial charge >= 0.3 is 5.97 Å². The Kier molecular flexibility index (Phi) is 3.91. The Hall–Kier alpha value is -1.53. The van der Waals surface area contributed by atoms with Crippen LogP contribution in [0.2, 0.25) is 0 Å². The number of hydrogen-bond acceptors (Lipinski definition) is 4. The van der Waals surface area contributed by atoms with Gasteiger partial charge in [0.15, 0.2) is 0 Å². The summed E-state index contributed by atoms with van der Waals surface area (Å²) in [4.78, 5) is 26.8. The Bertz CT molecular complexity index is 577. The van der Waals surface area contributed by atoms with Gasteiger partial charge in [0.05, 0.1) is 12.0 Å². The van der Waals surface area contributed by atoms with Gasteiger partial charge < -0.3 is 14.7 Å². The van der Waals surface area contributed by atoms with Crippen LogP contribution in [0.5, 0.6) is 0 Å². The molecule has 5 nitrogen and oxygen atoms in total. The lowest BCUT2D eigenvalue weighted by molar-refractivity contribution is -0.148. The number of hydrogen-bond donors (Lipinski definition) is 1. The van der Waals surface area contributed by atoms with Gasteiger partial charge in [0.2, 0.25) is 5.91 Å². The van der Waals surface area contributed by atoms with E-state index in [1.807, 2.05) is 24.3 Å². The number of carbonyl (C=O) groups excluding carboxylic acids is 1. The van der Waals surface area contributed by atoms with Crippen LogP contribution in [0.15, 0.2) is 29.2 Å². The van der Waals surface area contributed by atoms with Crippen molar-refractivity contribution in [2.75, 3.05) is 19.4 Å². The zero-order valence-electron chi connectivity index (χ0n) is 11.7. The second kappa shape index (κ2) is 5.69. The number of likely N-dealkylation sites (tertiary alicyclic amines) is 1. The first kappa shape index (κ1) is 14.4. The van der Waals surface area contributed by atoms with Crippen LogP contribution >= 0.6 is 11.8 Å². The van der Waals surface area contributed by atoms with E-state index in [0.717, 1.165) is 10.5 Å². The topological polar surface area (TPSA) is 66.8 Å². The van der Waals surface area contributed by atoms with Crippen molar-refractivity contribution in [1.82, 2.24) is 4.90 Å². The van der Waals surface area contributed by atoms with E-state index in [4.69, 9.17) is 4.74 Å². The molecule has 0 spiro atoms. The maximum Gasteiger partial charge on any atom is 0.326 e. The third-order valence-electron chi connectivity index (χ3n) is 4.16. The summed E-state index contributed by atoms with van der Waals surface area (Å²) in [5, 5.41) is 9.33. The Morgan fingerprint density at radius 2 is 2.14 bits per heavy atom. The number of carboxylic acid groups (broad SMARTS) is 1. The fourth-order valence-electron chi connectivity index (χ4n) is 3.01. The SMILES string of the molecule is COC1CC(C(=O)O)N(C(=O)C2CSc3ccccc32)C1. The molecule has 1 N–H and O–H groups in total. The molecule has 0 aliphatic carbocycles. The predicted molar refractivity (Wildman–Crippen MR) is 78.5 cm³/mol. The van der Waals surface area contributed by atoms with E-state index < -0.39 is 12.0 Å². The molecule has 2 aliphatic rings. The number of nitrogens with zero attached hydrogens (tertiary/aromatic N) is 1. The molecular formula is C15H17NO4S. The maximum atomic E-state index is 12.8. The summed E-state index contributed by atoms with van der Waals surface area (Å²) in [6, 6.07) is 7.05. The highest BCUT2D eigenvalue weighted by atomic mass is 32.2. The number of thioether (sulfide) groups is 1. The smallest absolute Gasteiger partial charge is 0.326 e. The third-order valence-corrected chi connectivity index (χ3v) is 5.34. The fourth-order valence-corrected chi connectivity index (χ4v) is 4.23. The van der Waals surface area contributed by atoms with Crippen LogP contribution in [0.3, 0.4) is 0 Å². The number of methoxy groups -OCH3 is 1. The largest absolute Gasteiger partial charge is 0.480 e. The maximum absolute atomic E-state index is 12.8. The Morgan fingerprint density at radius 1 is 1.38 bits per heavy atom. The van der Waals surface area contributed by atoms with Crippen LogP contribution in [-0.4, -0.2) is 53.4 Å². The average molecular weight is 307 g/mol. The van der Waals surface area contributed by atoms with Gasteiger partial charge in [-0.15, -0.1) is 11.8 Å². The molecule has 1 aromatic carbocycles. The predicted octanol–water partition coefficient (Wildman–Crippen LogP) is 1.58. The molecule has 3 unspecified atom stereocenters. The lowest BCUT2D eigenvalue weighted by Gasteiger charge is -2.24. The summed E-state index contributed by atoms with van der Waals surface area (Å²) >= 11 is 1.65. The number of aliphatic carboxylic acids is 1. The molecule has 0 saturated carbocycles. The highest BCUT2D eigenvalue weighted by Gasteiger charge is 2.43. The standard InChI is InChI=1S/C15H17NO4S/c1-20-9-6-12(15(18)19)16(7-9)14(17)11-8-21-13-5-3-2-4-10(11)13/h2-5,9,11-12H,6-8H2,1H3,(H,18,19). The van der Waals surface area contributed by atoms with Gasteiger partial charge in [0.25, 0.3) is 0 Å². The number of carboxylic acids is 1. The molecule has 0 aromatic heterocycles. The third kappa shape index (κ3) is 2.53. The van der Waals surface area contributed by atoms with Crippen LogP contribution < -0.4 is 0 Å². The Balaban J connectivity index is 1.83. The summed E-state index contributed by atoms with van der Waals surface area (Å²) in [6.45, 7) is 0.357. The molecule has 21 heavy (non-hydrogen) atoms.